The molecule has 0 bridgehead atoms. The molecule has 2 heterocycles. The van der Waals surface area contributed by atoms with Crippen molar-refractivity contribution >= 4 is 22.9 Å². The average Bonchev–Trinajstić information content (AvgIpc) is 2.55. The molecule has 1 aliphatic rings. The fourth-order valence-electron chi connectivity index (χ4n) is 1.43. The zero-order valence-electron chi connectivity index (χ0n) is 6.15. The second-order valence-corrected chi connectivity index (χ2v) is 4.19. The van der Waals surface area contributed by atoms with E-state index in [1.165, 1.54) is 13.0 Å². The van der Waals surface area contributed by atoms with Gasteiger partial charge < -0.3 is 4.57 Å². The third-order valence-corrected chi connectivity index (χ3v) is 2.94. The number of halogens is 1. The van der Waals surface area contributed by atoms with E-state index in [4.69, 9.17) is 0 Å². The molecular formula is C7H10IN3. The number of hydrogen-bond donors (Lipinski definition) is 0. The Balaban J connectivity index is 2.08. The molecular weight excluding hydrogens is 253 g/mol. The molecule has 1 aromatic rings. The van der Waals surface area contributed by atoms with Crippen molar-refractivity contribution in [2.45, 2.75) is 12.5 Å². The molecule has 11 heavy (non-hydrogen) atoms. The Hall–Kier alpha value is -0.100. The quantitative estimate of drug-likeness (QED) is 0.565. The Morgan fingerprint density at radius 3 is 3.00 bits per heavy atom. The maximum absolute atomic E-state index is 4.03. The SMILES string of the molecule is IN1CCC(n2ccnc2)C1. The zero-order valence-corrected chi connectivity index (χ0v) is 8.31. The second kappa shape index (κ2) is 3.10. The summed E-state index contributed by atoms with van der Waals surface area (Å²) in [6, 6.07) is 0.648. The Labute approximate surface area is 79.9 Å². The standard InChI is InChI=1S/C7H10IN3/c8-11-3-1-7(5-11)10-4-2-9-6-10/h2,4,6-7H,1,3,5H2. The maximum Gasteiger partial charge on any atom is 0.0948 e. The summed E-state index contributed by atoms with van der Waals surface area (Å²) in [5, 5.41) is 0. The number of rotatable bonds is 1. The van der Waals surface area contributed by atoms with Gasteiger partial charge in [-0.1, -0.05) is 0 Å². The van der Waals surface area contributed by atoms with Crippen molar-refractivity contribution < 1.29 is 0 Å². The molecule has 1 atom stereocenters. The van der Waals surface area contributed by atoms with E-state index in [1.54, 1.807) is 0 Å². The topological polar surface area (TPSA) is 21.1 Å². The predicted molar refractivity (Wildman–Crippen MR) is 51.5 cm³/mol. The van der Waals surface area contributed by atoms with E-state index < -0.39 is 0 Å². The lowest BCUT2D eigenvalue weighted by Gasteiger charge is -2.09. The summed E-state index contributed by atoms with van der Waals surface area (Å²) in [5.74, 6) is 0. The van der Waals surface area contributed by atoms with E-state index in [2.05, 4.69) is 35.5 Å². The summed E-state index contributed by atoms with van der Waals surface area (Å²) in [6.45, 7) is 2.35. The van der Waals surface area contributed by atoms with Gasteiger partial charge in [-0.05, 0) is 6.42 Å². The van der Waals surface area contributed by atoms with Crippen molar-refractivity contribution in [3.8, 4) is 0 Å². The Bertz CT molecular complexity index is 222. The van der Waals surface area contributed by atoms with Crippen LogP contribution in [-0.4, -0.2) is 25.8 Å². The Morgan fingerprint density at radius 2 is 2.45 bits per heavy atom. The van der Waals surface area contributed by atoms with Crippen molar-refractivity contribution in [2.75, 3.05) is 13.1 Å². The van der Waals surface area contributed by atoms with E-state index in [0.717, 1.165) is 6.54 Å². The first-order chi connectivity index (χ1) is 5.36. The van der Waals surface area contributed by atoms with Gasteiger partial charge in [-0.3, -0.25) is 0 Å². The summed E-state index contributed by atoms with van der Waals surface area (Å²) in [5.41, 5.74) is 0. The van der Waals surface area contributed by atoms with Gasteiger partial charge in [0.05, 0.1) is 6.33 Å². The number of hydrogen-bond acceptors (Lipinski definition) is 2. The number of nitrogens with zero attached hydrogens (tertiary/aromatic N) is 3. The van der Waals surface area contributed by atoms with Crippen LogP contribution < -0.4 is 0 Å². The van der Waals surface area contributed by atoms with Gasteiger partial charge in [0.15, 0.2) is 0 Å². The van der Waals surface area contributed by atoms with Crippen LogP contribution in [0.5, 0.6) is 0 Å². The van der Waals surface area contributed by atoms with Gasteiger partial charge in [0.2, 0.25) is 0 Å². The minimum atomic E-state index is 0.648. The highest BCUT2D eigenvalue weighted by Crippen LogP contribution is 2.23. The molecule has 0 radical (unpaired) electrons. The van der Waals surface area contributed by atoms with Crippen LogP contribution >= 0.6 is 22.9 Å². The molecule has 1 aliphatic heterocycles. The molecule has 0 saturated carbocycles. The fourth-order valence-corrected chi connectivity index (χ4v) is 2.16. The third kappa shape index (κ3) is 1.56. The minimum absolute atomic E-state index is 0.648. The van der Waals surface area contributed by atoms with Crippen molar-refractivity contribution in [3.05, 3.63) is 18.7 Å². The van der Waals surface area contributed by atoms with Crippen LogP contribution in [0.25, 0.3) is 0 Å². The van der Waals surface area contributed by atoms with E-state index in [-0.39, 0.29) is 0 Å². The zero-order chi connectivity index (χ0) is 7.68. The highest BCUT2D eigenvalue weighted by Gasteiger charge is 2.20. The molecule has 0 N–H and O–H groups in total. The van der Waals surface area contributed by atoms with E-state index in [1.807, 2.05) is 18.7 Å². The fraction of sp³-hybridized carbons (Fsp3) is 0.571. The lowest BCUT2D eigenvalue weighted by Crippen LogP contribution is -2.10. The molecule has 4 heteroatoms. The van der Waals surface area contributed by atoms with Crippen LogP contribution in [-0.2, 0) is 0 Å². The lowest BCUT2D eigenvalue weighted by molar-refractivity contribution is 0.519. The first-order valence-corrected chi connectivity index (χ1v) is 4.71. The molecule has 3 nitrogen and oxygen atoms in total. The highest BCUT2D eigenvalue weighted by atomic mass is 127. The smallest absolute Gasteiger partial charge is 0.0948 e. The van der Waals surface area contributed by atoms with E-state index in [9.17, 15) is 0 Å². The lowest BCUT2D eigenvalue weighted by atomic mass is 10.3. The molecule has 0 aliphatic carbocycles. The minimum Gasteiger partial charge on any atom is -0.333 e. The molecule has 0 spiro atoms. The highest BCUT2D eigenvalue weighted by molar-refractivity contribution is 14.1. The number of aromatic nitrogens is 2. The predicted octanol–water partition coefficient (Wildman–Crippen LogP) is 1.48. The number of imidazole rings is 1. The van der Waals surface area contributed by atoms with Crippen molar-refractivity contribution in [1.29, 1.82) is 0 Å². The van der Waals surface area contributed by atoms with Crippen molar-refractivity contribution in [3.63, 3.8) is 0 Å². The molecule has 60 valence electrons. The van der Waals surface area contributed by atoms with Gasteiger partial charge in [-0.25, -0.2) is 8.10 Å². The molecule has 0 aromatic carbocycles. The molecule has 2 rings (SSSR count). The van der Waals surface area contributed by atoms with Crippen LogP contribution in [0.2, 0.25) is 0 Å². The normalized spacial score (nSPS) is 26.1. The summed E-state index contributed by atoms with van der Waals surface area (Å²) in [4.78, 5) is 4.03. The molecule has 1 aromatic heterocycles. The summed E-state index contributed by atoms with van der Waals surface area (Å²) in [7, 11) is 0. The summed E-state index contributed by atoms with van der Waals surface area (Å²) >= 11 is 2.37. The van der Waals surface area contributed by atoms with Crippen molar-refractivity contribution in [1.82, 2.24) is 12.7 Å². The molecule has 1 unspecified atom stereocenters. The largest absolute Gasteiger partial charge is 0.333 e. The first-order valence-electron chi connectivity index (χ1n) is 3.74. The molecule has 1 saturated heterocycles. The van der Waals surface area contributed by atoms with Gasteiger partial charge in [0.25, 0.3) is 0 Å². The van der Waals surface area contributed by atoms with Gasteiger partial charge in [0.1, 0.15) is 0 Å². The summed E-state index contributed by atoms with van der Waals surface area (Å²) in [6.07, 6.45) is 7.04. The van der Waals surface area contributed by atoms with Crippen LogP contribution in [0.15, 0.2) is 18.7 Å². The monoisotopic (exact) mass is 263 g/mol. The van der Waals surface area contributed by atoms with Crippen LogP contribution in [0.4, 0.5) is 0 Å². The van der Waals surface area contributed by atoms with Crippen molar-refractivity contribution in [2.24, 2.45) is 0 Å². The average molecular weight is 263 g/mol. The van der Waals surface area contributed by atoms with Gasteiger partial charge in [0, 0.05) is 54.4 Å². The Morgan fingerprint density at radius 1 is 1.55 bits per heavy atom. The molecule has 0 amide bonds. The second-order valence-electron chi connectivity index (χ2n) is 2.82. The summed E-state index contributed by atoms with van der Waals surface area (Å²) < 4.78 is 4.51. The van der Waals surface area contributed by atoms with Crippen LogP contribution in [0.3, 0.4) is 0 Å². The first kappa shape index (κ1) is 7.54. The van der Waals surface area contributed by atoms with Gasteiger partial charge in [-0.15, -0.1) is 0 Å². The maximum atomic E-state index is 4.03. The van der Waals surface area contributed by atoms with Crippen LogP contribution in [0.1, 0.15) is 12.5 Å². The third-order valence-electron chi connectivity index (χ3n) is 2.06. The van der Waals surface area contributed by atoms with E-state index >= 15 is 0 Å². The van der Waals surface area contributed by atoms with Crippen LogP contribution in [0, 0.1) is 0 Å². The van der Waals surface area contributed by atoms with E-state index in [0.29, 0.717) is 6.04 Å². The Kier molecular flexibility index (Phi) is 2.13. The van der Waals surface area contributed by atoms with Gasteiger partial charge >= 0.3 is 0 Å². The van der Waals surface area contributed by atoms with Gasteiger partial charge in [-0.2, -0.15) is 0 Å². The molecule has 1 fully saturated rings.